The monoisotopic (exact) mass is 289 g/mol. The van der Waals surface area contributed by atoms with Crippen LogP contribution in [0.25, 0.3) is 0 Å². The zero-order chi connectivity index (χ0) is 14.4. The molecule has 3 nitrogen and oxygen atoms in total. The van der Waals surface area contributed by atoms with E-state index in [1.807, 2.05) is 24.3 Å². The lowest BCUT2D eigenvalue weighted by molar-refractivity contribution is 0.598. The predicted octanol–water partition coefficient (Wildman–Crippen LogP) is 3.87. The fourth-order valence-corrected chi connectivity index (χ4v) is 3.07. The molecule has 108 valence electrons. The van der Waals surface area contributed by atoms with E-state index in [0.717, 1.165) is 18.8 Å². The van der Waals surface area contributed by atoms with Crippen molar-refractivity contribution in [3.8, 4) is 0 Å². The lowest BCUT2D eigenvalue weighted by atomic mass is 10.1. The minimum atomic E-state index is 0.417. The first-order valence-electron chi connectivity index (χ1n) is 7.19. The number of thioether (sulfide) groups is 1. The smallest absolute Gasteiger partial charge is 0.0948 e. The molecule has 2 rings (SSSR count). The largest absolute Gasteiger partial charge is 0.334 e. The third-order valence-corrected chi connectivity index (χ3v) is 4.46. The van der Waals surface area contributed by atoms with Crippen molar-refractivity contribution in [3.05, 3.63) is 48.0 Å². The first-order valence-corrected chi connectivity index (χ1v) is 8.18. The van der Waals surface area contributed by atoms with Crippen LogP contribution in [0.15, 0.2) is 41.7 Å². The highest BCUT2D eigenvalue weighted by Crippen LogP contribution is 2.24. The Morgan fingerprint density at radius 1 is 1.25 bits per heavy atom. The molecule has 0 spiro atoms. The second-order valence-electron chi connectivity index (χ2n) is 4.81. The standard InChI is InChI=1S/C16H23N3S/c1-4-18-13(3)14-6-8-16(9-7-14)20-11-15-10-17-12-19(15)5-2/h6-10,12-13,18H,4-5,11H2,1-3H3. The molecule has 1 unspecified atom stereocenters. The fraction of sp³-hybridized carbons (Fsp3) is 0.438. The summed E-state index contributed by atoms with van der Waals surface area (Å²) in [6.07, 6.45) is 3.86. The Morgan fingerprint density at radius 2 is 2.00 bits per heavy atom. The van der Waals surface area contributed by atoms with Crippen LogP contribution in [0, 0.1) is 0 Å². The average molecular weight is 289 g/mol. The molecule has 0 aliphatic heterocycles. The van der Waals surface area contributed by atoms with Gasteiger partial charge in [0, 0.05) is 35.1 Å². The molecule has 1 N–H and O–H groups in total. The molecule has 0 fully saturated rings. The number of imidazole rings is 1. The Kier molecular flexibility index (Phi) is 5.68. The molecule has 0 saturated heterocycles. The SMILES string of the molecule is CCNC(C)c1ccc(SCc2cncn2CC)cc1. The Hall–Kier alpha value is -1.26. The minimum absolute atomic E-state index is 0.417. The predicted molar refractivity (Wildman–Crippen MR) is 86.0 cm³/mol. The normalized spacial score (nSPS) is 12.6. The summed E-state index contributed by atoms with van der Waals surface area (Å²) in [5.41, 5.74) is 2.62. The van der Waals surface area contributed by atoms with E-state index in [0.29, 0.717) is 6.04 Å². The van der Waals surface area contributed by atoms with Crippen LogP contribution in [-0.4, -0.2) is 16.1 Å². The van der Waals surface area contributed by atoms with Crippen molar-refractivity contribution >= 4 is 11.8 Å². The maximum atomic E-state index is 4.20. The van der Waals surface area contributed by atoms with Crippen molar-refractivity contribution in [1.29, 1.82) is 0 Å². The molecular weight excluding hydrogens is 266 g/mol. The van der Waals surface area contributed by atoms with E-state index in [-0.39, 0.29) is 0 Å². The molecule has 4 heteroatoms. The van der Waals surface area contributed by atoms with Gasteiger partial charge in [0.25, 0.3) is 0 Å². The highest BCUT2D eigenvalue weighted by molar-refractivity contribution is 7.98. The molecule has 0 aliphatic carbocycles. The summed E-state index contributed by atoms with van der Waals surface area (Å²) in [6, 6.07) is 9.26. The van der Waals surface area contributed by atoms with Gasteiger partial charge in [-0.05, 0) is 38.1 Å². The van der Waals surface area contributed by atoms with Crippen LogP contribution < -0.4 is 5.32 Å². The van der Waals surface area contributed by atoms with Crippen LogP contribution in [0.4, 0.5) is 0 Å². The Balaban J connectivity index is 1.94. The Morgan fingerprint density at radius 3 is 2.65 bits per heavy atom. The van der Waals surface area contributed by atoms with Crippen molar-refractivity contribution in [1.82, 2.24) is 14.9 Å². The highest BCUT2D eigenvalue weighted by Gasteiger charge is 2.05. The molecule has 0 aliphatic rings. The van der Waals surface area contributed by atoms with Gasteiger partial charge in [-0.3, -0.25) is 0 Å². The van der Waals surface area contributed by atoms with Gasteiger partial charge < -0.3 is 9.88 Å². The summed E-state index contributed by atoms with van der Waals surface area (Å²) in [4.78, 5) is 5.51. The second kappa shape index (κ2) is 7.50. The molecule has 0 bridgehead atoms. The quantitative estimate of drug-likeness (QED) is 0.785. The molecule has 1 atom stereocenters. The highest BCUT2D eigenvalue weighted by atomic mass is 32.2. The number of hydrogen-bond acceptors (Lipinski definition) is 3. The van der Waals surface area contributed by atoms with Crippen molar-refractivity contribution in [2.24, 2.45) is 0 Å². The summed E-state index contributed by atoms with van der Waals surface area (Å²) >= 11 is 1.86. The van der Waals surface area contributed by atoms with Crippen molar-refractivity contribution < 1.29 is 0 Å². The molecule has 0 radical (unpaired) electrons. The van der Waals surface area contributed by atoms with Gasteiger partial charge in [-0.25, -0.2) is 4.98 Å². The number of aromatic nitrogens is 2. The Bertz CT molecular complexity index is 519. The van der Waals surface area contributed by atoms with E-state index >= 15 is 0 Å². The van der Waals surface area contributed by atoms with Gasteiger partial charge >= 0.3 is 0 Å². The van der Waals surface area contributed by atoms with Crippen LogP contribution in [0.1, 0.15) is 38.1 Å². The maximum absolute atomic E-state index is 4.20. The van der Waals surface area contributed by atoms with Crippen LogP contribution in [0.5, 0.6) is 0 Å². The zero-order valence-electron chi connectivity index (χ0n) is 12.5. The van der Waals surface area contributed by atoms with Gasteiger partial charge in [-0.15, -0.1) is 11.8 Å². The van der Waals surface area contributed by atoms with Gasteiger partial charge in [0.2, 0.25) is 0 Å². The topological polar surface area (TPSA) is 29.9 Å². The maximum Gasteiger partial charge on any atom is 0.0948 e. The van der Waals surface area contributed by atoms with Crippen molar-refractivity contribution in [3.63, 3.8) is 0 Å². The third-order valence-electron chi connectivity index (χ3n) is 3.42. The van der Waals surface area contributed by atoms with Crippen LogP contribution in [0.3, 0.4) is 0 Å². The molecule has 20 heavy (non-hydrogen) atoms. The van der Waals surface area contributed by atoms with Crippen molar-refractivity contribution in [2.75, 3.05) is 6.54 Å². The lowest BCUT2D eigenvalue weighted by Gasteiger charge is -2.13. The van der Waals surface area contributed by atoms with Crippen LogP contribution in [0.2, 0.25) is 0 Å². The van der Waals surface area contributed by atoms with E-state index in [1.165, 1.54) is 16.2 Å². The van der Waals surface area contributed by atoms with Gasteiger partial charge in [-0.1, -0.05) is 19.1 Å². The Labute approximate surface area is 125 Å². The first kappa shape index (κ1) is 15.1. The summed E-state index contributed by atoms with van der Waals surface area (Å²) in [5.74, 6) is 0.968. The number of rotatable bonds is 7. The molecule has 1 heterocycles. The zero-order valence-corrected chi connectivity index (χ0v) is 13.3. The average Bonchev–Trinajstić information content (AvgIpc) is 2.93. The molecular formula is C16H23N3S. The third kappa shape index (κ3) is 3.87. The van der Waals surface area contributed by atoms with E-state index in [1.54, 1.807) is 0 Å². The number of nitrogens with one attached hydrogen (secondary N) is 1. The number of aryl methyl sites for hydroxylation is 1. The second-order valence-corrected chi connectivity index (χ2v) is 5.86. The van der Waals surface area contributed by atoms with E-state index in [4.69, 9.17) is 0 Å². The molecule has 2 aromatic rings. The van der Waals surface area contributed by atoms with Gasteiger partial charge in [0.15, 0.2) is 0 Å². The molecule has 1 aromatic heterocycles. The summed E-state index contributed by atoms with van der Waals surface area (Å²) in [6.45, 7) is 8.46. The van der Waals surface area contributed by atoms with Gasteiger partial charge in [0.05, 0.1) is 6.33 Å². The lowest BCUT2D eigenvalue weighted by Crippen LogP contribution is -2.17. The van der Waals surface area contributed by atoms with Gasteiger partial charge in [0.1, 0.15) is 0 Å². The van der Waals surface area contributed by atoms with E-state index in [9.17, 15) is 0 Å². The number of benzene rings is 1. The van der Waals surface area contributed by atoms with Crippen LogP contribution >= 0.6 is 11.8 Å². The number of hydrogen-bond donors (Lipinski definition) is 1. The van der Waals surface area contributed by atoms with Crippen molar-refractivity contribution in [2.45, 2.75) is 44.0 Å². The van der Waals surface area contributed by atoms with E-state index < -0.39 is 0 Å². The summed E-state index contributed by atoms with van der Waals surface area (Å²) in [7, 11) is 0. The fourth-order valence-electron chi connectivity index (χ4n) is 2.19. The van der Waals surface area contributed by atoms with E-state index in [2.05, 4.69) is 59.9 Å². The molecule has 0 saturated carbocycles. The van der Waals surface area contributed by atoms with Crippen LogP contribution in [-0.2, 0) is 12.3 Å². The molecule has 0 amide bonds. The van der Waals surface area contributed by atoms with Gasteiger partial charge in [-0.2, -0.15) is 0 Å². The minimum Gasteiger partial charge on any atom is -0.334 e. The summed E-state index contributed by atoms with van der Waals surface area (Å²) < 4.78 is 2.19. The summed E-state index contributed by atoms with van der Waals surface area (Å²) in [5, 5.41) is 3.43. The molecule has 1 aromatic carbocycles. The number of nitrogens with zero attached hydrogens (tertiary/aromatic N) is 2. The first-order chi connectivity index (χ1) is 9.74.